The zero-order valence-corrected chi connectivity index (χ0v) is 15.1. The molecule has 0 aliphatic carbocycles. The molecule has 2 amide bonds. The fraction of sp³-hybridized carbons (Fsp3) is 0.235. The molecule has 0 fully saturated rings. The van der Waals surface area contributed by atoms with E-state index in [0.717, 1.165) is 10.2 Å². The van der Waals surface area contributed by atoms with Crippen molar-refractivity contribution in [1.82, 2.24) is 5.32 Å². The summed E-state index contributed by atoms with van der Waals surface area (Å²) < 4.78 is 16.9. The SMILES string of the molecule is COc1ccc(NC(=O)NCCOc2ccc(Br)cc2)c(OC)c1. The summed E-state index contributed by atoms with van der Waals surface area (Å²) >= 11 is 3.36. The van der Waals surface area contributed by atoms with Gasteiger partial charge in [-0.2, -0.15) is 0 Å². The molecular formula is C17H19BrN2O4. The largest absolute Gasteiger partial charge is 0.497 e. The van der Waals surface area contributed by atoms with E-state index in [9.17, 15) is 4.79 Å². The number of anilines is 1. The zero-order valence-electron chi connectivity index (χ0n) is 13.5. The maximum absolute atomic E-state index is 11.9. The Labute approximate surface area is 149 Å². The Morgan fingerprint density at radius 3 is 2.42 bits per heavy atom. The minimum absolute atomic E-state index is 0.335. The molecule has 0 saturated heterocycles. The standard InChI is InChI=1S/C17H19BrN2O4/c1-22-14-7-8-15(16(11-14)23-2)20-17(21)19-9-10-24-13-5-3-12(18)4-6-13/h3-8,11H,9-10H2,1-2H3,(H2,19,20,21). The van der Waals surface area contributed by atoms with E-state index in [1.54, 1.807) is 25.3 Å². The number of rotatable bonds is 7. The summed E-state index contributed by atoms with van der Waals surface area (Å²) in [5, 5.41) is 5.45. The van der Waals surface area contributed by atoms with Crippen LogP contribution in [0.1, 0.15) is 0 Å². The molecular weight excluding hydrogens is 376 g/mol. The van der Waals surface area contributed by atoms with Crippen molar-refractivity contribution in [3.63, 3.8) is 0 Å². The number of benzene rings is 2. The average Bonchev–Trinajstić information content (AvgIpc) is 2.60. The highest BCUT2D eigenvalue weighted by molar-refractivity contribution is 9.10. The van der Waals surface area contributed by atoms with E-state index in [1.165, 1.54) is 7.11 Å². The van der Waals surface area contributed by atoms with E-state index in [4.69, 9.17) is 14.2 Å². The number of carbonyl (C=O) groups is 1. The Balaban J connectivity index is 1.78. The lowest BCUT2D eigenvalue weighted by atomic mass is 10.2. The summed E-state index contributed by atoms with van der Waals surface area (Å²) in [6.45, 7) is 0.745. The van der Waals surface area contributed by atoms with E-state index in [2.05, 4.69) is 26.6 Å². The number of amides is 2. The van der Waals surface area contributed by atoms with Crippen LogP contribution in [-0.2, 0) is 0 Å². The average molecular weight is 395 g/mol. The van der Waals surface area contributed by atoms with Gasteiger partial charge in [-0.05, 0) is 36.4 Å². The highest BCUT2D eigenvalue weighted by Crippen LogP contribution is 2.28. The van der Waals surface area contributed by atoms with Crippen molar-refractivity contribution in [2.75, 3.05) is 32.7 Å². The fourth-order valence-corrected chi connectivity index (χ4v) is 2.20. The first-order valence-corrected chi connectivity index (χ1v) is 8.07. The van der Waals surface area contributed by atoms with E-state index < -0.39 is 0 Å². The molecule has 6 nitrogen and oxygen atoms in total. The van der Waals surface area contributed by atoms with Crippen LogP contribution in [-0.4, -0.2) is 33.4 Å². The summed E-state index contributed by atoms with van der Waals surface area (Å²) in [7, 11) is 3.10. The molecule has 0 saturated carbocycles. The lowest BCUT2D eigenvalue weighted by Gasteiger charge is -2.12. The molecule has 0 heterocycles. The predicted octanol–water partition coefficient (Wildman–Crippen LogP) is 3.67. The van der Waals surface area contributed by atoms with Crippen molar-refractivity contribution in [3.8, 4) is 17.2 Å². The number of hydrogen-bond acceptors (Lipinski definition) is 4. The number of ether oxygens (including phenoxy) is 3. The molecule has 2 aromatic carbocycles. The summed E-state index contributed by atoms with van der Waals surface area (Å²) in [6, 6.07) is 12.3. The fourth-order valence-electron chi connectivity index (χ4n) is 1.93. The summed E-state index contributed by atoms with van der Waals surface area (Å²) in [5.41, 5.74) is 0.560. The third-order valence-corrected chi connectivity index (χ3v) is 3.66. The Morgan fingerprint density at radius 1 is 1.04 bits per heavy atom. The van der Waals surface area contributed by atoms with Crippen LogP contribution < -0.4 is 24.8 Å². The van der Waals surface area contributed by atoms with E-state index >= 15 is 0 Å². The van der Waals surface area contributed by atoms with Crippen LogP contribution in [0.5, 0.6) is 17.2 Å². The first-order valence-electron chi connectivity index (χ1n) is 7.27. The number of urea groups is 1. The molecule has 0 aliphatic rings. The molecule has 0 aliphatic heterocycles. The normalized spacial score (nSPS) is 9.96. The second-order valence-corrected chi connectivity index (χ2v) is 5.67. The van der Waals surface area contributed by atoms with Gasteiger partial charge >= 0.3 is 6.03 Å². The molecule has 24 heavy (non-hydrogen) atoms. The Kier molecular flexibility index (Phi) is 6.74. The monoisotopic (exact) mass is 394 g/mol. The Hall–Kier alpha value is -2.41. The molecule has 2 rings (SSSR count). The number of halogens is 1. The second kappa shape index (κ2) is 9.02. The minimum Gasteiger partial charge on any atom is -0.497 e. The summed E-state index contributed by atoms with van der Waals surface area (Å²) in [5.74, 6) is 1.92. The van der Waals surface area contributed by atoms with Gasteiger partial charge in [-0.15, -0.1) is 0 Å². The van der Waals surface area contributed by atoms with Crippen LogP contribution >= 0.6 is 15.9 Å². The third-order valence-electron chi connectivity index (χ3n) is 3.13. The van der Waals surface area contributed by atoms with Crippen LogP contribution in [0.2, 0.25) is 0 Å². The topological polar surface area (TPSA) is 68.8 Å². The first kappa shape index (κ1) is 17.9. The van der Waals surface area contributed by atoms with Gasteiger partial charge in [-0.1, -0.05) is 15.9 Å². The van der Waals surface area contributed by atoms with Gasteiger partial charge in [-0.3, -0.25) is 0 Å². The van der Waals surface area contributed by atoms with E-state index in [0.29, 0.717) is 30.3 Å². The number of carbonyl (C=O) groups excluding carboxylic acids is 1. The van der Waals surface area contributed by atoms with Gasteiger partial charge in [0, 0.05) is 10.5 Å². The van der Waals surface area contributed by atoms with Crippen LogP contribution in [0.4, 0.5) is 10.5 Å². The minimum atomic E-state index is -0.335. The van der Waals surface area contributed by atoms with Gasteiger partial charge in [0.2, 0.25) is 0 Å². The highest BCUT2D eigenvalue weighted by Gasteiger charge is 2.08. The molecule has 7 heteroatoms. The van der Waals surface area contributed by atoms with Gasteiger partial charge in [-0.25, -0.2) is 4.79 Å². The smallest absolute Gasteiger partial charge is 0.319 e. The summed E-state index contributed by atoms with van der Waals surface area (Å²) in [6.07, 6.45) is 0. The second-order valence-electron chi connectivity index (χ2n) is 4.75. The molecule has 0 aromatic heterocycles. The van der Waals surface area contributed by atoms with Crippen molar-refractivity contribution in [3.05, 3.63) is 46.9 Å². The van der Waals surface area contributed by atoms with Crippen molar-refractivity contribution in [2.45, 2.75) is 0 Å². The van der Waals surface area contributed by atoms with Crippen LogP contribution in [0.3, 0.4) is 0 Å². The summed E-state index contributed by atoms with van der Waals surface area (Å²) in [4.78, 5) is 11.9. The number of methoxy groups -OCH3 is 2. The molecule has 128 valence electrons. The van der Waals surface area contributed by atoms with Crippen LogP contribution in [0.15, 0.2) is 46.9 Å². The molecule has 0 bridgehead atoms. The third kappa shape index (κ3) is 5.34. The molecule has 0 radical (unpaired) electrons. The van der Waals surface area contributed by atoms with Crippen LogP contribution in [0.25, 0.3) is 0 Å². The Bertz CT molecular complexity index is 677. The van der Waals surface area contributed by atoms with Gasteiger partial charge in [0.15, 0.2) is 0 Å². The van der Waals surface area contributed by atoms with E-state index in [-0.39, 0.29) is 6.03 Å². The first-order chi connectivity index (χ1) is 11.6. The zero-order chi connectivity index (χ0) is 17.4. The maximum Gasteiger partial charge on any atom is 0.319 e. The quantitative estimate of drug-likeness (QED) is 0.702. The number of nitrogens with one attached hydrogen (secondary N) is 2. The van der Waals surface area contributed by atoms with Crippen molar-refractivity contribution in [1.29, 1.82) is 0 Å². The van der Waals surface area contributed by atoms with Gasteiger partial charge < -0.3 is 24.8 Å². The lowest BCUT2D eigenvalue weighted by Crippen LogP contribution is -2.32. The molecule has 0 spiro atoms. The number of hydrogen-bond donors (Lipinski definition) is 2. The van der Waals surface area contributed by atoms with Gasteiger partial charge in [0.05, 0.1) is 26.5 Å². The maximum atomic E-state index is 11.9. The molecule has 2 aromatic rings. The highest BCUT2D eigenvalue weighted by atomic mass is 79.9. The van der Waals surface area contributed by atoms with Gasteiger partial charge in [0.25, 0.3) is 0 Å². The van der Waals surface area contributed by atoms with Crippen molar-refractivity contribution >= 4 is 27.6 Å². The van der Waals surface area contributed by atoms with Gasteiger partial charge in [0.1, 0.15) is 23.9 Å². The predicted molar refractivity (Wildman–Crippen MR) is 96.2 cm³/mol. The van der Waals surface area contributed by atoms with E-state index in [1.807, 2.05) is 24.3 Å². The van der Waals surface area contributed by atoms with Crippen LogP contribution in [0, 0.1) is 0 Å². The molecule has 0 unspecified atom stereocenters. The molecule has 2 N–H and O–H groups in total. The lowest BCUT2D eigenvalue weighted by molar-refractivity contribution is 0.247. The molecule has 0 atom stereocenters. The van der Waals surface area contributed by atoms with Crippen molar-refractivity contribution in [2.24, 2.45) is 0 Å². The van der Waals surface area contributed by atoms with Crippen molar-refractivity contribution < 1.29 is 19.0 Å². The Morgan fingerprint density at radius 2 is 1.75 bits per heavy atom.